The third-order valence-corrected chi connectivity index (χ3v) is 4.28. The summed E-state index contributed by atoms with van der Waals surface area (Å²) in [5, 5.41) is 0. The van der Waals surface area contributed by atoms with Gasteiger partial charge < -0.3 is 4.90 Å². The van der Waals surface area contributed by atoms with Gasteiger partial charge >= 0.3 is 0 Å². The van der Waals surface area contributed by atoms with Crippen molar-refractivity contribution in [3.05, 3.63) is 34.1 Å². The highest BCUT2D eigenvalue weighted by Crippen LogP contribution is 2.22. The topological polar surface area (TPSA) is 20.3 Å². The summed E-state index contributed by atoms with van der Waals surface area (Å²) in [6.07, 6.45) is 1.84. The van der Waals surface area contributed by atoms with Crippen LogP contribution in [0.2, 0.25) is 0 Å². The quantitative estimate of drug-likeness (QED) is 0.697. The molecule has 0 N–H and O–H groups in total. The molecule has 1 amide bonds. The Morgan fingerprint density at radius 1 is 1.35 bits per heavy atom. The van der Waals surface area contributed by atoms with Crippen molar-refractivity contribution in [2.45, 2.75) is 17.7 Å². The second kappa shape index (κ2) is 5.48. The van der Waals surface area contributed by atoms with Gasteiger partial charge in [-0.25, -0.2) is 4.39 Å². The summed E-state index contributed by atoms with van der Waals surface area (Å²) in [5.74, 6) is -0.678. The fraction of sp³-hybridized carbons (Fsp3) is 0.417. The van der Waals surface area contributed by atoms with Crippen molar-refractivity contribution in [1.29, 1.82) is 0 Å². The molecule has 2 nitrogen and oxygen atoms in total. The summed E-state index contributed by atoms with van der Waals surface area (Å²) in [4.78, 5) is 14.3. The lowest BCUT2D eigenvalue weighted by molar-refractivity contribution is 0.0723. The molecule has 0 saturated carbocycles. The molecule has 1 aliphatic heterocycles. The SMILES string of the molecule is O=C(c1cc(Br)ccc1F)N1CCC(Br)CC1. The molecule has 1 saturated heterocycles. The van der Waals surface area contributed by atoms with Crippen LogP contribution in [0.4, 0.5) is 4.39 Å². The molecule has 0 radical (unpaired) electrons. The molecule has 2 rings (SSSR count). The third kappa shape index (κ3) is 3.07. The van der Waals surface area contributed by atoms with Gasteiger partial charge in [0.25, 0.3) is 5.91 Å². The van der Waals surface area contributed by atoms with Crippen molar-refractivity contribution in [3.8, 4) is 0 Å². The van der Waals surface area contributed by atoms with Crippen LogP contribution < -0.4 is 0 Å². The number of nitrogens with zero attached hydrogens (tertiary/aromatic N) is 1. The molecule has 92 valence electrons. The summed E-state index contributed by atoms with van der Waals surface area (Å²) >= 11 is 6.78. The molecule has 1 fully saturated rings. The van der Waals surface area contributed by atoms with Gasteiger partial charge in [0.05, 0.1) is 5.56 Å². The number of amides is 1. The Labute approximate surface area is 116 Å². The maximum absolute atomic E-state index is 13.6. The van der Waals surface area contributed by atoms with Crippen molar-refractivity contribution < 1.29 is 9.18 Å². The summed E-state index contributed by atoms with van der Waals surface area (Å²) < 4.78 is 14.3. The number of hydrogen-bond acceptors (Lipinski definition) is 1. The fourth-order valence-corrected chi connectivity index (χ4v) is 2.65. The maximum atomic E-state index is 13.6. The molecule has 1 aliphatic rings. The van der Waals surface area contributed by atoms with Crippen LogP contribution in [-0.4, -0.2) is 28.7 Å². The van der Waals surface area contributed by atoms with E-state index in [2.05, 4.69) is 31.9 Å². The summed E-state index contributed by atoms with van der Waals surface area (Å²) in [5.41, 5.74) is 0.146. The van der Waals surface area contributed by atoms with Gasteiger partial charge in [0.1, 0.15) is 5.82 Å². The number of alkyl halides is 1. The van der Waals surface area contributed by atoms with E-state index < -0.39 is 5.82 Å². The van der Waals surface area contributed by atoms with Crippen molar-refractivity contribution in [3.63, 3.8) is 0 Å². The highest BCUT2D eigenvalue weighted by molar-refractivity contribution is 9.10. The van der Waals surface area contributed by atoms with Crippen LogP contribution in [0.3, 0.4) is 0 Å². The van der Waals surface area contributed by atoms with E-state index in [0.717, 1.165) is 17.3 Å². The molecule has 0 unspecified atom stereocenters. The van der Waals surface area contributed by atoms with Crippen LogP contribution in [-0.2, 0) is 0 Å². The Hall–Kier alpha value is -0.420. The number of likely N-dealkylation sites (tertiary alicyclic amines) is 1. The number of rotatable bonds is 1. The second-order valence-corrected chi connectivity index (χ2v) is 6.30. The molecule has 0 atom stereocenters. The standard InChI is InChI=1S/C12H12Br2FNO/c13-8-3-5-16(6-4-8)12(17)10-7-9(14)1-2-11(10)15/h1-2,7-8H,3-6H2. The van der Waals surface area contributed by atoms with Crippen molar-refractivity contribution in [2.75, 3.05) is 13.1 Å². The Kier molecular flexibility index (Phi) is 4.20. The van der Waals surface area contributed by atoms with Crippen molar-refractivity contribution in [2.24, 2.45) is 0 Å². The van der Waals surface area contributed by atoms with Gasteiger partial charge in [0.15, 0.2) is 0 Å². The molecule has 0 aromatic heterocycles. The highest BCUT2D eigenvalue weighted by Gasteiger charge is 2.24. The zero-order valence-corrected chi connectivity index (χ0v) is 12.3. The van der Waals surface area contributed by atoms with Crippen molar-refractivity contribution in [1.82, 2.24) is 4.90 Å². The average molecular weight is 365 g/mol. The molecule has 0 spiro atoms. The van der Waals surface area contributed by atoms with E-state index in [1.807, 2.05) is 0 Å². The second-order valence-electron chi connectivity index (χ2n) is 4.09. The minimum atomic E-state index is -0.459. The predicted molar refractivity (Wildman–Crippen MR) is 72.0 cm³/mol. The Bertz CT molecular complexity index is 431. The van der Waals surface area contributed by atoms with Crippen molar-refractivity contribution >= 4 is 37.8 Å². The van der Waals surface area contributed by atoms with Gasteiger partial charge in [-0.05, 0) is 31.0 Å². The molecule has 5 heteroatoms. The smallest absolute Gasteiger partial charge is 0.256 e. The van der Waals surface area contributed by atoms with Crippen LogP contribution in [0.15, 0.2) is 22.7 Å². The highest BCUT2D eigenvalue weighted by atomic mass is 79.9. The van der Waals surface area contributed by atoms with Crippen LogP contribution in [0.25, 0.3) is 0 Å². The van der Waals surface area contributed by atoms with Crippen LogP contribution >= 0.6 is 31.9 Å². The van der Waals surface area contributed by atoms with Crippen LogP contribution in [0.5, 0.6) is 0 Å². The summed E-state index contributed by atoms with van der Waals surface area (Å²) in [7, 11) is 0. The number of carbonyl (C=O) groups excluding carboxylic acids is 1. The van der Waals surface area contributed by atoms with Gasteiger partial charge in [-0.2, -0.15) is 0 Å². The lowest BCUT2D eigenvalue weighted by atomic mass is 10.1. The Morgan fingerprint density at radius 2 is 2.00 bits per heavy atom. The minimum Gasteiger partial charge on any atom is -0.338 e. The average Bonchev–Trinajstić information content (AvgIpc) is 2.32. The fourth-order valence-electron chi connectivity index (χ4n) is 1.88. The zero-order valence-electron chi connectivity index (χ0n) is 9.13. The number of piperidine rings is 1. The number of halogens is 3. The molecular weight excluding hydrogens is 353 g/mol. The van der Waals surface area contributed by atoms with Crippen LogP contribution in [0, 0.1) is 5.82 Å². The first-order valence-electron chi connectivity index (χ1n) is 5.46. The zero-order chi connectivity index (χ0) is 12.4. The molecular formula is C12H12Br2FNO. The first-order valence-corrected chi connectivity index (χ1v) is 7.17. The monoisotopic (exact) mass is 363 g/mol. The molecule has 0 aliphatic carbocycles. The van der Waals surface area contributed by atoms with Gasteiger partial charge in [-0.3, -0.25) is 4.79 Å². The first-order chi connectivity index (χ1) is 8.08. The van der Waals surface area contributed by atoms with Crippen LogP contribution in [0.1, 0.15) is 23.2 Å². The van der Waals surface area contributed by atoms with E-state index in [-0.39, 0.29) is 11.5 Å². The lowest BCUT2D eigenvalue weighted by Gasteiger charge is -2.29. The number of benzene rings is 1. The summed E-state index contributed by atoms with van der Waals surface area (Å²) in [6, 6.07) is 4.45. The van der Waals surface area contributed by atoms with E-state index in [0.29, 0.717) is 17.9 Å². The maximum Gasteiger partial charge on any atom is 0.256 e. The molecule has 1 aromatic carbocycles. The molecule has 0 bridgehead atoms. The molecule has 1 heterocycles. The molecule has 1 aromatic rings. The molecule has 17 heavy (non-hydrogen) atoms. The van der Waals surface area contributed by atoms with E-state index in [9.17, 15) is 9.18 Å². The third-order valence-electron chi connectivity index (χ3n) is 2.87. The Balaban J connectivity index is 2.16. The Morgan fingerprint density at radius 3 is 2.65 bits per heavy atom. The lowest BCUT2D eigenvalue weighted by Crippen LogP contribution is -2.39. The van der Waals surface area contributed by atoms with E-state index in [1.165, 1.54) is 12.1 Å². The normalized spacial score (nSPS) is 17.2. The van der Waals surface area contributed by atoms with Gasteiger partial charge in [0, 0.05) is 22.4 Å². The first kappa shape index (κ1) is 13.0. The van der Waals surface area contributed by atoms with E-state index in [1.54, 1.807) is 11.0 Å². The summed E-state index contributed by atoms with van der Waals surface area (Å²) in [6.45, 7) is 1.36. The van der Waals surface area contributed by atoms with E-state index >= 15 is 0 Å². The van der Waals surface area contributed by atoms with Gasteiger partial charge in [0.2, 0.25) is 0 Å². The van der Waals surface area contributed by atoms with E-state index in [4.69, 9.17) is 0 Å². The number of carbonyl (C=O) groups is 1. The minimum absolute atomic E-state index is 0.146. The van der Waals surface area contributed by atoms with Gasteiger partial charge in [-0.15, -0.1) is 0 Å². The van der Waals surface area contributed by atoms with Gasteiger partial charge in [-0.1, -0.05) is 31.9 Å². The number of hydrogen-bond donors (Lipinski definition) is 0. The predicted octanol–water partition coefficient (Wildman–Crippen LogP) is 3.59. The largest absolute Gasteiger partial charge is 0.338 e.